The first-order valence-electron chi connectivity index (χ1n) is 6.39. The van der Waals surface area contributed by atoms with Gasteiger partial charge < -0.3 is 10.6 Å². The Hall–Kier alpha value is -2.31. The van der Waals surface area contributed by atoms with E-state index in [4.69, 9.17) is 5.73 Å². The molecule has 0 fully saturated rings. The molecule has 2 rings (SSSR count). The number of alkyl halides is 3. The molecule has 7 heteroatoms. The van der Waals surface area contributed by atoms with Crippen LogP contribution in [-0.2, 0) is 12.7 Å². The lowest BCUT2D eigenvalue weighted by Crippen LogP contribution is -2.24. The van der Waals surface area contributed by atoms with E-state index >= 15 is 0 Å². The predicted molar refractivity (Wildman–Crippen MR) is 74.6 cm³/mol. The second-order valence-electron chi connectivity index (χ2n) is 4.47. The highest BCUT2D eigenvalue weighted by Crippen LogP contribution is 2.32. The summed E-state index contributed by atoms with van der Waals surface area (Å²) in [6, 6.07) is 7.24. The van der Waals surface area contributed by atoms with Crippen LogP contribution in [0.1, 0.15) is 18.2 Å². The fraction of sp³-hybridized carbons (Fsp3) is 0.286. The first kappa shape index (κ1) is 15.1. The highest BCUT2D eigenvalue weighted by molar-refractivity contribution is 5.49. The van der Waals surface area contributed by atoms with Gasteiger partial charge in [0.25, 0.3) is 0 Å². The van der Waals surface area contributed by atoms with Gasteiger partial charge in [0.1, 0.15) is 11.6 Å². The molecule has 0 aliphatic rings. The number of rotatable bonds is 4. The molecule has 0 aromatic carbocycles. The average molecular weight is 296 g/mol. The van der Waals surface area contributed by atoms with E-state index in [1.807, 2.05) is 13.0 Å². The van der Waals surface area contributed by atoms with Gasteiger partial charge in [-0.2, -0.15) is 13.2 Å². The number of aromatic nitrogens is 2. The first-order chi connectivity index (χ1) is 9.90. The number of hydrogen-bond donors (Lipinski definition) is 1. The van der Waals surface area contributed by atoms with Gasteiger partial charge in [-0.05, 0) is 31.2 Å². The summed E-state index contributed by atoms with van der Waals surface area (Å²) in [5.41, 5.74) is 5.43. The number of pyridine rings is 2. The maximum absolute atomic E-state index is 12.8. The lowest BCUT2D eigenvalue weighted by Gasteiger charge is -2.22. The lowest BCUT2D eigenvalue weighted by atomic mass is 10.2. The third-order valence-electron chi connectivity index (χ3n) is 2.94. The molecule has 4 nitrogen and oxygen atoms in total. The van der Waals surface area contributed by atoms with E-state index in [1.165, 1.54) is 0 Å². The molecule has 0 unspecified atom stereocenters. The molecule has 2 aromatic rings. The van der Waals surface area contributed by atoms with Crippen molar-refractivity contribution < 1.29 is 13.2 Å². The van der Waals surface area contributed by atoms with Crippen molar-refractivity contribution in [1.82, 2.24) is 9.97 Å². The van der Waals surface area contributed by atoms with Crippen LogP contribution in [-0.4, -0.2) is 16.5 Å². The molecule has 0 aliphatic heterocycles. The van der Waals surface area contributed by atoms with E-state index in [9.17, 15) is 13.2 Å². The Morgan fingerprint density at radius 1 is 1.24 bits per heavy atom. The van der Waals surface area contributed by atoms with E-state index < -0.39 is 11.7 Å². The smallest absolute Gasteiger partial charge is 0.384 e. The van der Waals surface area contributed by atoms with Gasteiger partial charge in [-0.25, -0.2) is 4.98 Å². The van der Waals surface area contributed by atoms with Crippen molar-refractivity contribution in [3.05, 3.63) is 47.8 Å². The maximum Gasteiger partial charge on any atom is 0.416 e. The molecule has 0 spiro atoms. The zero-order valence-corrected chi connectivity index (χ0v) is 11.4. The molecule has 0 amide bonds. The van der Waals surface area contributed by atoms with Crippen LogP contribution in [0.5, 0.6) is 0 Å². The second kappa shape index (κ2) is 5.99. The van der Waals surface area contributed by atoms with Gasteiger partial charge in [-0.1, -0.05) is 6.07 Å². The quantitative estimate of drug-likeness (QED) is 0.942. The number of nitrogens with two attached hydrogens (primary N) is 1. The summed E-state index contributed by atoms with van der Waals surface area (Å²) >= 11 is 0. The summed E-state index contributed by atoms with van der Waals surface area (Å²) in [6.07, 6.45) is -2.81. The number of nitrogen functional groups attached to an aromatic ring is 1. The summed E-state index contributed by atoms with van der Waals surface area (Å²) in [5.74, 6) is 0.0368. The fourth-order valence-electron chi connectivity index (χ4n) is 1.90. The van der Waals surface area contributed by atoms with Crippen LogP contribution in [0.4, 0.5) is 24.8 Å². The molecule has 21 heavy (non-hydrogen) atoms. The van der Waals surface area contributed by atoms with Gasteiger partial charge in [-0.3, -0.25) is 4.98 Å². The number of hydrogen-bond acceptors (Lipinski definition) is 4. The van der Waals surface area contributed by atoms with E-state index in [1.54, 1.807) is 23.2 Å². The third-order valence-corrected chi connectivity index (χ3v) is 2.94. The summed E-state index contributed by atoms with van der Waals surface area (Å²) in [7, 11) is 0. The Morgan fingerprint density at radius 3 is 2.57 bits per heavy atom. The van der Waals surface area contributed by atoms with Crippen LogP contribution in [0.15, 0.2) is 36.5 Å². The minimum Gasteiger partial charge on any atom is -0.384 e. The lowest BCUT2D eigenvalue weighted by molar-refractivity contribution is -0.137. The molecule has 0 saturated heterocycles. The molecule has 112 valence electrons. The Labute approximate surface area is 120 Å². The SMILES string of the molecule is CCN(Cc1ccccn1)c1cc(C(F)(F)F)cc(N)n1. The van der Waals surface area contributed by atoms with Crippen molar-refractivity contribution in [2.75, 3.05) is 17.2 Å². The number of anilines is 2. The highest BCUT2D eigenvalue weighted by Gasteiger charge is 2.32. The van der Waals surface area contributed by atoms with Crippen molar-refractivity contribution in [2.45, 2.75) is 19.6 Å². The fourth-order valence-corrected chi connectivity index (χ4v) is 1.90. The van der Waals surface area contributed by atoms with Crippen LogP contribution in [0.2, 0.25) is 0 Å². The van der Waals surface area contributed by atoms with Gasteiger partial charge in [0, 0.05) is 12.7 Å². The van der Waals surface area contributed by atoms with E-state index in [0.29, 0.717) is 13.1 Å². The Bertz CT molecular complexity index is 599. The molecule has 0 aliphatic carbocycles. The molecule has 0 atom stereocenters. The van der Waals surface area contributed by atoms with Crippen molar-refractivity contribution in [3.63, 3.8) is 0 Å². The summed E-state index contributed by atoms with van der Waals surface area (Å²) < 4.78 is 38.5. The van der Waals surface area contributed by atoms with Gasteiger partial charge in [-0.15, -0.1) is 0 Å². The van der Waals surface area contributed by atoms with Crippen molar-refractivity contribution in [2.24, 2.45) is 0 Å². The number of halogens is 3. The van der Waals surface area contributed by atoms with Gasteiger partial charge in [0.05, 0.1) is 17.8 Å². The normalized spacial score (nSPS) is 11.4. The number of nitrogens with zero attached hydrogens (tertiary/aromatic N) is 3. The highest BCUT2D eigenvalue weighted by atomic mass is 19.4. The van der Waals surface area contributed by atoms with Crippen molar-refractivity contribution >= 4 is 11.6 Å². The molecule has 2 aromatic heterocycles. The molecule has 0 bridgehead atoms. The monoisotopic (exact) mass is 296 g/mol. The zero-order valence-electron chi connectivity index (χ0n) is 11.4. The minimum atomic E-state index is -4.45. The zero-order chi connectivity index (χ0) is 15.5. The van der Waals surface area contributed by atoms with E-state index in [0.717, 1.165) is 17.8 Å². The molecular formula is C14H15F3N4. The van der Waals surface area contributed by atoms with E-state index in [2.05, 4.69) is 9.97 Å². The standard InChI is InChI=1S/C14H15F3N4/c1-2-21(9-11-5-3-4-6-19-11)13-8-10(14(15,16)17)7-12(18)20-13/h3-8H,2,9H2,1H3,(H2,18,20). The van der Waals surface area contributed by atoms with Crippen LogP contribution in [0, 0.1) is 0 Å². The molecular weight excluding hydrogens is 281 g/mol. The van der Waals surface area contributed by atoms with Gasteiger partial charge >= 0.3 is 6.18 Å². The van der Waals surface area contributed by atoms with Crippen LogP contribution in [0.3, 0.4) is 0 Å². The predicted octanol–water partition coefficient (Wildman–Crippen LogP) is 3.10. The summed E-state index contributed by atoms with van der Waals surface area (Å²) in [5, 5.41) is 0. The maximum atomic E-state index is 12.8. The van der Waals surface area contributed by atoms with E-state index in [-0.39, 0.29) is 11.6 Å². The van der Waals surface area contributed by atoms with Crippen LogP contribution >= 0.6 is 0 Å². The van der Waals surface area contributed by atoms with Gasteiger partial charge in [0.15, 0.2) is 0 Å². The van der Waals surface area contributed by atoms with Crippen molar-refractivity contribution in [1.29, 1.82) is 0 Å². The summed E-state index contributed by atoms with van der Waals surface area (Å²) in [6.45, 7) is 2.69. The second-order valence-corrected chi connectivity index (χ2v) is 4.47. The topological polar surface area (TPSA) is 55.0 Å². The summed E-state index contributed by atoms with van der Waals surface area (Å²) in [4.78, 5) is 9.84. The Morgan fingerprint density at radius 2 is 2.00 bits per heavy atom. The third kappa shape index (κ3) is 3.84. The molecule has 2 heterocycles. The Kier molecular flexibility index (Phi) is 4.30. The molecule has 0 saturated carbocycles. The van der Waals surface area contributed by atoms with Crippen LogP contribution in [0.25, 0.3) is 0 Å². The first-order valence-corrected chi connectivity index (χ1v) is 6.39. The molecule has 2 N–H and O–H groups in total. The largest absolute Gasteiger partial charge is 0.416 e. The minimum absolute atomic E-state index is 0.153. The molecule has 0 radical (unpaired) electrons. The average Bonchev–Trinajstić information content (AvgIpc) is 2.44. The van der Waals surface area contributed by atoms with Gasteiger partial charge in [0.2, 0.25) is 0 Å². The van der Waals surface area contributed by atoms with Crippen LogP contribution < -0.4 is 10.6 Å². The Balaban J connectivity index is 2.32. The van der Waals surface area contributed by atoms with Crippen molar-refractivity contribution in [3.8, 4) is 0 Å².